The molecule has 2 aromatic carbocycles. The number of methoxy groups -OCH3 is 2. The van der Waals surface area contributed by atoms with Crippen molar-refractivity contribution in [3.05, 3.63) is 83.1 Å². The van der Waals surface area contributed by atoms with Crippen LogP contribution in [0.2, 0.25) is 0 Å². The monoisotopic (exact) mass is 422 g/mol. The lowest BCUT2D eigenvalue weighted by Gasteiger charge is -2.31. The van der Waals surface area contributed by atoms with E-state index in [1.807, 2.05) is 30.3 Å². The molecule has 30 heavy (non-hydrogen) atoms. The largest absolute Gasteiger partial charge is 0.493 e. The molecule has 8 heteroatoms. The fourth-order valence-electron chi connectivity index (χ4n) is 3.26. The molecule has 152 valence electrons. The molecule has 0 unspecified atom stereocenters. The van der Waals surface area contributed by atoms with Crippen LogP contribution in [0.5, 0.6) is 11.5 Å². The van der Waals surface area contributed by atoms with Crippen molar-refractivity contribution in [1.29, 1.82) is 0 Å². The van der Waals surface area contributed by atoms with Crippen LogP contribution >= 0.6 is 11.8 Å². The number of aromatic nitrogens is 1. The first-order valence-corrected chi connectivity index (χ1v) is 9.52. The zero-order chi connectivity index (χ0) is 21.1. The third-order valence-electron chi connectivity index (χ3n) is 4.65. The van der Waals surface area contributed by atoms with Gasteiger partial charge in [0.25, 0.3) is 5.91 Å². The van der Waals surface area contributed by atoms with Crippen molar-refractivity contribution in [2.45, 2.75) is 0 Å². The molecule has 0 radical (unpaired) electrons. The van der Waals surface area contributed by atoms with Gasteiger partial charge in [-0.05, 0) is 30.3 Å². The van der Waals surface area contributed by atoms with Crippen LogP contribution in [0.1, 0.15) is 10.5 Å². The summed E-state index contributed by atoms with van der Waals surface area (Å²) in [5.41, 5.74) is 0.944. The van der Waals surface area contributed by atoms with E-state index in [2.05, 4.69) is 9.98 Å². The average molecular weight is 423 g/mol. The van der Waals surface area contributed by atoms with E-state index in [0.717, 1.165) is 0 Å². The molecule has 1 aromatic heterocycles. The number of anilines is 1. The van der Waals surface area contributed by atoms with Crippen LogP contribution in [0.15, 0.2) is 71.9 Å². The number of amides is 1. The van der Waals surface area contributed by atoms with Gasteiger partial charge in [-0.15, -0.1) is 0 Å². The lowest BCUT2D eigenvalue weighted by molar-refractivity contribution is 0.0992. The van der Waals surface area contributed by atoms with Gasteiger partial charge in [0.2, 0.25) is 0 Å². The average Bonchev–Trinajstić information content (AvgIpc) is 2.81. The van der Waals surface area contributed by atoms with Gasteiger partial charge < -0.3 is 9.47 Å². The Morgan fingerprint density at radius 2 is 1.73 bits per heavy atom. The zero-order valence-electron chi connectivity index (χ0n) is 16.4. The van der Waals surface area contributed by atoms with Crippen molar-refractivity contribution >= 4 is 29.2 Å². The van der Waals surface area contributed by atoms with Gasteiger partial charge in [-0.2, -0.15) is 0 Å². The Bertz CT molecular complexity index is 1190. The molecule has 7 nitrogen and oxygen atoms in total. The summed E-state index contributed by atoms with van der Waals surface area (Å²) < 4.78 is 12.3. The van der Waals surface area contributed by atoms with Crippen LogP contribution in [0.25, 0.3) is 5.82 Å². The van der Waals surface area contributed by atoms with Crippen molar-refractivity contribution in [3.63, 3.8) is 0 Å². The fourth-order valence-corrected chi connectivity index (χ4v) is 3.48. The standard InChI is InChI=1S/C22H19ClN4O3/c1-29-19-12-16-18(13-20(19)30-2)25-14-26(23)21(16)27(15-8-4-3-5-9-15)22(28)17-10-6-7-11-24-17/h3-13H,14H2,1-2H3. The summed E-state index contributed by atoms with van der Waals surface area (Å²) in [5.74, 6) is 1.20. The number of pyridine rings is 1. The molecule has 1 aliphatic heterocycles. The summed E-state index contributed by atoms with van der Waals surface area (Å²) in [5, 5.41) is 1.29. The molecule has 1 amide bonds. The summed E-state index contributed by atoms with van der Waals surface area (Å²) in [6.45, 7) is 0.165. The second-order valence-electron chi connectivity index (χ2n) is 6.40. The van der Waals surface area contributed by atoms with Gasteiger partial charge in [-0.1, -0.05) is 24.3 Å². The Hall–Kier alpha value is -3.58. The Kier molecular flexibility index (Phi) is 5.54. The minimum atomic E-state index is -0.315. The summed E-state index contributed by atoms with van der Waals surface area (Å²) in [6, 6.07) is 18.0. The Balaban J connectivity index is 2.02. The molecule has 2 heterocycles. The van der Waals surface area contributed by atoms with E-state index in [1.54, 1.807) is 50.7 Å². The van der Waals surface area contributed by atoms with Crippen molar-refractivity contribution in [1.82, 2.24) is 9.40 Å². The molecule has 0 saturated heterocycles. The highest BCUT2D eigenvalue weighted by atomic mass is 35.5. The number of nitrogens with zero attached hydrogens (tertiary/aromatic N) is 4. The van der Waals surface area contributed by atoms with Gasteiger partial charge in [-0.25, -0.2) is 4.42 Å². The maximum atomic E-state index is 13.5. The molecule has 0 atom stereocenters. The third kappa shape index (κ3) is 3.55. The maximum absolute atomic E-state index is 13.5. The van der Waals surface area contributed by atoms with Crippen LogP contribution < -0.4 is 24.9 Å². The number of carbonyl (C=O) groups excluding carboxylic acids is 1. The minimum Gasteiger partial charge on any atom is -0.493 e. The number of halogens is 1. The molecule has 1 aliphatic rings. The molecule has 0 spiro atoms. The molecule has 0 saturated carbocycles. The number of para-hydroxylation sites is 1. The summed E-state index contributed by atoms with van der Waals surface area (Å²) in [4.78, 5) is 23.8. The molecule has 0 aliphatic carbocycles. The quantitative estimate of drug-likeness (QED) is 0.591. The lowest BCUT2D eigenvalue weighted by Crippen LogP contribution is -2.46. The highest BCUT2D eigenvalue weighted by Gasteiger charge is 2.29. The van der Waals surface area contributed by atoms with Gasteiger partial charge in [0.05, 0.1) is 25.3 Å². The van der Waals surface area contributed by atoms with Gasteiger partial charge in [0.15, 0.2) is 11.5 Å². The molecule has 0 N–H and O–H groups in total. The molecule has 0 fully saturated rings. The summed E-state index contributed by atoms with van der Waals surface area (Å²) in [7, 11) is 3.11. The Morgan fingerprint density at radius 1 is 1.03 bits per heavy atom. The molecular formula is C22H19ClN4O3. The first-order chi connectivity index (χ1) is 14.6. The number of benzene rings is 2. The molecule has 3 aromatic rings. The second kappa shape index (κ2) is 8.42. The molecule has 4 rings (SSSR count). The lowest BCUT2D eigenvalue weighted by atomic mass is 10.2. The van der Waals surface area contributed by atoms with E-state index in [1.165, 1.54) is 9.32 Å². The number of fused-ring (bicyclic) bond motifs is 1. The first kappa shape index (κ1) is 19.7. The van der Waals surface area contributed by atoms with Gasteiger partial charge in [0, 0.05) is 29.3 Å². The Labute approximate surface area is 178 Å². The highest BCUT2D eigenvalue weighted by molar-refractivity contribution is 6.20. The van der Waals surface area contributed by atoms with Gasteiger partial charge in [0.1, 0.15) is 18.2 Å². The van der Waals surface area contributed by atoms with E-state index in [9.17, 15) is 4.79 Å². The SMILES string of the molecule is COc1cc2c(cc1OC)=C(N(C(=O)c1ccccn1)c1ccccc1)N(Cl)CN=2. The smallest absolute Gasteiger partial charge is 0.282 e. The van der Waals surface area contributed by atoms with Crippen molar-refractivity contribution < 1.29 is 14.3 Å². The maximum Gasteiger partial charge on any atom is 0.282 e. The first-order valence-electron chi connectivity index (χ1n) is 9.18. The van der Waals surface area contributed by atoms with Gasteiger partial charge >= 0.3 is 0 Å². The Morgan fingerprint density at radius 3 is 2.40 bits per heavy atom. The minimum absolute atomic E-state index is 0.165. The molecular weight excluding hydrogens is 404 g/mol. The highest BCUT2D eigenvalue weighted by Crippen LogP contribution is 2.28. The topological polar surface area (TPSA) is 67.3 Å². The van der Waals surface area contributed by atoms with Crippen LogP contribution in [-0.4, -0.2) is 36.2 Å². The second-order valence-corrected chi connectivity index (χ2v) is 6.81. The van der Waals surface area contributed by atoms with E-state index >= 15 is 0 Å². The summed E-state index contributed by atoms with van der Waals surface area (Å²) >= 11 is 6.57. The van der Waals surface area contributed by atoms with Crippen LogP contribution in [0.4, 0.5) is 5.69 Å². The van der Waals surface area contributed by atoms with Crippen LogP contribution in [-0.2, 0) is 0 Å². The fraction of sp³-hybridized carbons (Fsp3) is 0.136. The van der Waals surface area contributed by atoms with Crippen molar-refractivity contribution in [2.24, 2.45) is 4.99 Å². The third-order valence-corrected chi connectivity index (χ3v) is 4.92. The van der Waals surface area contributed by atoms with Crippen molar-refractivity contribution in [3.8, 4) is 11.5 Å². The molecule has 0 bridgehead atoms. The number of hydrogen-bond acceptors (Lipinski definition) is 6. The normalized spacial score (nSPS) is 12.6. The van der Waals surface area contributed by atoms with Gasteiger partial charge in [-0.3, -0.25) is 19.7 Å². The van der Waals surface area contributed by atoms with E-state index < -0.39 is 0 Å². The van der Waals surface area contributed by atoms with Crippen LogP contribution in [0.3, 0.4) is 0 Å². The number of hydrogen-bond donors (Lipinski definition) is 0. The number of ether oxygens (including phenoxy) is 2. The number of rotatable bonds is 5. The van der Waals surface area contributed by atoms with E-state index in [4.69, 9.17) is 21.3 Å². The zero-order valence-corrected chi connectivity index (χ0v) is 17.2. The predicted octanol–water partition coefficient (Wildman–Crippen LogP) is 2.56. The number of carbonyl (C=O) groups is 1. The summed E-state index contributed by atoms with van der Waals surface area (Å²) in [6.07, 6.45) is 1.58. The van der Waals surface area contributed by atoms with E-state index in [-0.39, 0.29) is 12.6 Å². The van der Waals surface area contributed by atoms with E-state index in [0.29, 0.717) is 39.3 Å². The van der Waals surface area contributed by atoms with Crippen molar-refractivity contribution in [2.75, 3.05) is 25.8 Å². The predicted molar refractivity (Wildman–Crippen MR) is 114 cm³/mol. The van der Waals surface area contributed by atoms with Crippen LogP contribution in [0, 0.1) is 0 Å².